The Bertz CT molecular complexity index is 349. The fourth-order valence-electron chi connectivity index (χ4n) is 1.12. The largest absolute Gasteiger partial charge is 0.508 e. The molecule has 76 valence electrons. The Hall–Kier alpha value is -1.55. The van der Waals surface area contributed by atoms with Crippen LogP contribution in [0.15, 0.2) is 18.2 Å². The van der Waals surface area contributed by atoms with Crippen LogP contribution in [0.5, 0.6) is 5.75 Å². The number of aromatic hydroxyl groups is 1. The van der Waals surface area contributed by atoms with Crippen LogP contribution in [0.1, 0.15) is 11.1 Å². The maximum atomic E-state index is 10.5. The molecule has 0 bridgehead atoms. The molecular weight excluding hydrogens is 182 g/mol. The summed E-state index contributed by atoms with van der Waals surface area (Å²) in [5.74, 6) is -0.870. The van der Waals surface area contributed by atoms with Crippen LogP contribution in [0.25, 0.3) is 0 Å². The molecule has 0 aromatic heterocycles. The Labute approximate surface area is 82.0 Å². The molecule has 1 atom stereocenters. The number of hydrogen-bond acceptors (Lipinski definition) is 3. The first kappa shape index (κ1) is 10.5. The lowest BCUT2D eigenvalue weighted by Gasteiger charge is -2.07. The van der Waals surface area contributed by atoms with Crippen molar-refractivity contribution < 1.29 is 15.0 Å². The fourth-order valence-corrected chi connectivity index (χ4v) is 1.12. The van der Waals surface area contributed by atoms with E-state index in [1.165, 1.54) is 6.07 Å². The summed E-state index contributed by atoms with van der Waals surface area (Å²) in [6.45, 7) is 1.77. The molecule has 1 aromatic rings. The van der Waals surface area contributed by atoms with Gasteiger partial charge >= 0.3 is 5.97 Å². The van der Waals surface area contributed by atoms with Crippen LogP contribution in [0.3, 0.4) is 0 Å². The van der Waals surface area contributed by atoms with Gasteiger partial charge in [-0.15, -0.1) is 0 Å². The summed E-state index contributed by atoms with van der Waals surface area (Å²) in [4.78, 5) is 10.5. The SMILES string of the molecule is Cc1ccc(C[C@H](N)C(=O)O)cc1O. The molecule has 14 heavy (non-hydrogen) atoms. The third-order valence-corrected chi connectivity index (χ3v) is 2.05. The average Bonchev–Trinajstić information content (AvgIpc) is 2.11. The van der Waals surface area contributed by atoms with Crippen LogP contribution in [-0.2, 0) is 11.2 Å². The summed E-state index contributed by atoms with van der Waals surface area (Å²) in [5.41, 5.74) is 6.84. The van der Waals surface area contributed by atoms with Gasteiger partial charge in [0.2, 0.25) is 0 Å². The predicted octanol–water partition coefficient (Wildman–Crippen LogP) is 0.655. The van der Waals surface area contributed by atoms with E-state index in [2.05, 4.69) is 0 Å². The molecular formula is C10H13NO3. The topological polar surface area (TPSA) is 83.6 Å². The number of carboxylic acids is 1. The van der Waals surface area contributed by atoms with Crippen molar-refractivity contribution in [3.05, 3.63) is 29.3 Å². The smallest absolute Gasteiger partial charge is 0.320 e. The van der Waals surface area contributed by atoms with Gasteiger partial charge in [-0.25, -0.2) is 0 Å². The van der Waals surface area contributed by atoms with Gasteiger partial charge in [0.25, 0.3) is 0 Å². The summed E-state index contributed by atoms with van der Waals surface area (Å²) in [7, 11) is 0. The number of phenols is 1. The highest BCUT2D eigenvalue weighted by Gasteiger charge is 2.12. The Morgan fingerprint density at radius 3 is 2.71 bits per heavy atom. The maximum Gasteiger partial charge on any atom is 0.320 e. The zero-order valence-corrected chi connectivity index (χ0v) is 7.90. The van der Waals surface area contributed by atoms with Crippen molar-refractivity contribution in [1.82, 2.24) is 0 Å². The van der Waals surface area contributed by atoms with E-state index in [4.69, 9.17) is 10.8 Å². The van der Waals surface area contributed by atoms with E-state index in [9.17, 15) is 9.90 Å². The minimum Gasteiger partial charge on any atom is -0.508 e. The second kappa shape index (κ2) is 4.11. The molecule has 0 amide bonds. The Morgan fingerprint density at radius 1 is 1.57 bits per heavy atom. The predicted molar refractivity (Wildman–Crippen MR) is 52.2 cm³/mol. The van der Waals surface area contributed by atoms with Crippen molar-refractivity contribution >= 4 is 5.97 Å². The van der Waals surface area contributed by atoms with Gasteiger partial charge in [-0.05, 0) is 30.5 Å². The van der Waals surface area contributed by atoms with Gasteiger partial charge in [-0.2, -0.15) is 0 Å². The van der Waals surface area contributed by atoms with Crippen LogP contribution >= 0.6 is 0 Å². The third-order valence-electron chi connectivity index (χ3n) is 2.05. The molecule has 0 saturated carbocycles. The van der Waals surface area contributed by atoms with Crippen LogP contribution in [0.2, 0.25) is 0 Å². The molecule has 0 aliphatic heterocycles. The lowest BCUT2D eigenvalue weighted by atomic mass is 10.0. The van der Waals surface area contributed by atoms with Crippen molar-refractivity contribution in [2.75, 3.05) is 0 Å². The summed E-state index contributed by atoms with van der Waals surface area (Å²) in [5, 5.41) is 17.9. The van der Waals surface area contributed by atoms with E-state index >= 15 is 0 Å². The van der Waals surface area contributed by atoms with Gasteiger partial charge in [-0.1, -0.05) is 12.1 Å². The summed E-state index contributed by atoms with van der Waals surface area (Å²) in [6.07, 6.45) is 0.225. The van der Waals surface area contributed by atoms with Gasteiger partial charge < -0.3 is 15.9 Å². The maximum absolute atomic E-state index is 10.5. The van der Waals surface area contributed by atoms with Gasteiger partial charge in [0.05, 0.1) is 0 Å². The van der Waals surface area contributed by atoms with Crippen molar-refractivity contribution in [3.8, 4) is 5.75 Å². The molecule has 4 N–H and O–H groups in total. The minimum absolute atomic E-state index is 0.167. The molecule has 0 aliphatic rings. The highest BCUT2D eigenvalue weighted by molar-refractivity contribution is 5.73. The van der Waals surface area contributed by atoms with Gasteiger partial charge in [0, 0.05) is 0 Å². The number of hydrogen-bond donors (Lipinski definition) is 3. The van der Waals surface area contributed by atoms with Crippen LogP contribution in [0.4, 0.5) is 0 Å². The quantitative estimate of drug-likeness (QED) is 0.661. The number of phenolic OH excluding ortho intramolecular Hbond substituents is 1. The molecule has 0 radical (unpaired) electrons. The van der Waals surface area contributed by atoms with E-state index < -0.39 is 12.0 Å². The lowest BCUT2D eigenvalue weighted by Crippen LogP contribution is -2.32. The number of aliphatic carboxylic acids is 1. The first-order valence-electron chi connectivity index (χ1n) is 4.27. The van der Waals surface area contributed by atoms with Crippen LogP contribution in [0, 0.1) is 6.92 Å². The molecule has 4 heteroatoms. The molecule has 0 aliphatic carbocycles. The Balaban J connectivity index is 2.78. The molecule has 0 fully saturated rings. The standard InChI is InChI=1S/C10H13NO3/c1-6-2-3-7(5-9(6)12)4-8(11)10(13)14/h2-3,5,8,12H,4,11H2,1H3,(H,13,14)/t8-/m0/s1. The van der Waals surface area contributed by atoms with Crippen molar-refractivity contribution in [2.24, 2.45) is 5.73 Å². The van der Waals surface area contributed by atoms with Crippen molar-refractivity contribution in [2.45, 2.75) is 19.4 Å². The molecule has 4 nitrogen and oxygen atoms in total. The van der Waals surface area contributed by atoms with Crippen LogP contribution in [-0.4, -0.2) is 22.2 Å². The summed E-state index contributed by atoms with van der Waals surface area (Å²) >= 11 is 0. The second-order valence-electron chi connectivity index (χ2n) is 3.27. The van der Waals surface area contributed by atoms with Crippen LogP contribution < -0.4 is 5.73 Å². The molecule has 0 saturated heterocycles. The van der Waals surface area contributed by atoms with E-state index in [1.54, 1.807) is 19.1 Å². The number of aryl methyl sites for hydroxylation is 1. The van der Waals surface area contributed by atoms with E-state index in [0.29, 0.717) is 0 Å². The monoisotopic (exact) mass is 195 g/mol. The third kappa shape index (κ3) is 2.47. The second-order valence-corrected chi connectivity index (χ2v) is 3.27. The Kier molecular flexibility index (Phi) is 3.09. The Morgan fingerprint density at radius 2 is 2.21 bits per heavy atom. The van der Waals surface area contributed by atoms with Gasteiger partial charge in [-0.3, -0.25) is 4.79 Å². The van der Waals surface area contributed by atoms with Crippen molar-refractivity contribution in [3.63, 3.8) is 0 Å². The highest BCUT2D eigenvalue weighted by Crippen LogP contribution is 2.18. The zero-order chi connectivity index (χ0) is 10.7. The molecule has 1 rings (SSSR count). The minimum atomic E-state index is -1.04. The van der Waals surface area contributed by atoms with E-state index in [-0.39, 0.29) is 12.2 Å². The first-order chi connectivity index (χ1) is 6.50. The highest BCUT2D eigenvalue weighted by atomic mass is 16.4. The normalized spacial score (nSPS) is 12.4. The number of rotatable bonds is 3. The average molecular weight is 195 g/mol. The number of nitrogens with two attached hydrogens (primary N) is 1. The number of carbonyl (C=O) groups is 1. The first-order valence-corrected chi connectivity index (χ1v) is 4.27. The molecule has 0 spiro atoms. The number of carboxylic acid groups (broad SMARTS) is 1. The molecule has 0 heterocycles. The van der Waals surface area contributed by atoms with Gasteiger partial charge in [0.1, 0.15) is 11.8 Å². The number of benzene rings is 1. The van der Waals surface area contributed by atoms with Gasteiger partial charge in [0.15, 0.2) is 0 Å². The molecule has 0 unspecified atom stereocenters. The van der Waals surface area contributed by atoms with Crippen molar-refractivity contribution in [1.29, 1.82) is 0 Å². The van der Waals surface area contributed by atoms with E-state index in [1.807, 2.05) is 0 Å². The summed E-state index contributed by atoms with van der Waals surface area (Å²) in [6, 6.07) is 4.12. The zero-order valence-electron chi connectivity index (χ0n) is 7.90. The molecule has 1 aromatic carbocycles. The summed E-state index contributed by atoms with van der Waals surface area (Å²) < 4.78 is 0. The fraction of sp³-hybridized carbons (Fsp3) is 0.300. The lowest BCUT2D eigenvalue weighted by molar-refractivity contribution is -0.138. The van der Waals surface area contributed by atoms with E-state index in [0.717, 1.165) is 11.1 Å².